The summed E-state index contributed by atoms with van der Waals surface area (Å²) in [5.41, 5.74) is 7.54. The molecule has 0 aliphatic carbocycles. The Labute approximate surface area is 145 Å². The van der Waals surface area contributed by atoms with E-state index in [2.05, 4.69) is 0 Å². The molecule has 3 aromatic carbocycles. The number of hydrogen-bond donors (Lipinski definition) is 2. The van der Waals surface area contributed by atoms with Crippen LogP contribution in [0, 0.1) is 0 Å². The Kier molecular flexibility index (Phi) is 4.85. The van der Waals surface area contributed by atoms with E-state index >= 15 is 0 Å². The van der Waals surface area contributed by atoms with Gasteiger partial charge in [-0.3, -0.25) is 0 Å². The number of nitrogen functional groups attached to an aromatic ring is 1. The van der Waals surface area contributed by atoms with Gasteiger partial charge in [-0.1, -0.05) is 42.5 Å². The predicted molar refractivity (Wildman–Crippen MR) is 95.1 cm³/mol. The summed E-state index contributed by atoms with van der Waals surface area (Å²) in [7, 11) is 0. The Balaban J connectivity index is 1.79. The Bertz CT molecular complexity index is 878. The molecule has 0 atom stereocenters. The summed E-state index contributed by atoms with van der Waals surface area (Å²) < 4.78 is 11.5. The maximum atomic E-state index is 11.3. The van der Waals surface area contributed by atoms with Crippen LogP contribution in [0.25, 0.3) is 0 Å². The maximum Gasteiger partial charge on any atom is 0.339 e. The number of anilines is 1. The van der Waals surface area contributed by atoms with Crippen molar-refractivity contribution < 1.29 is 19.4 Å². The van der Waals surface area contributed by atoms with E-state index in [1.54, 1.807) is 36.4 Å². The van der Waals surface area contributed by atoms with Gasteiger partial charge in [-0.15, -0.1) is 0 Å². The third-order valence-corrected chi connectivity index (χ3v) is 3.57. The first kappa shape index (κ1) is 16.4. The van der Waals surface area contributed by atoms with E-state index in [4.69, 9.17) is 15.2 Å². The molecule has 0 aliphatic rings. The molecule has 126 valence electrons. The lowest BCUT2D eigenvalue weighted by Gasteiger charge is -2.12. The van der Waals surface area contributed by atoms with E-state index in [9.17, 15) is 9.90 Å². The van der Waals surface area contributed by atoms with Gasteiger partial charge in [-0.2, -0.15) is 0 Å². The van der Waals surface area contributed by atoms with E-state index in [0.29, 0.717) is 23.8 Å². The summed E-state index contributed by atoms with van der Waals surface area (Å²) in [6.45, 7) is 0.375. The number of aromatic carboxylic acids is 1. The van der Waals surface area contributed by atoms with Crippen LogP contribution in [0.1, 0.15) is 15.9 Å². The molecule has 5 heteroatoms. The first-order valence-corrected chi connectivity index (χ1v) is 7.70. The largest absolute Gasteiger partial charge is 0.487 e. The quantitative estimate of drug-likeness (QED) is 0.655. The average Bonchev–Trinajstić information content (AvgIpc) is 2.63. The molecular formula is C20H17NO4. The van der Waals surface area contributed by atoms with Gasteiger partial charge in [-0.25, -0.2) is 4.79 Å². The minimum Gasteiger partial charge on any atom is -0.487 e. The number of carboxylic acid groups (broad SMARTS) is 1. The van der Waals surface area contributed by atoms with Crippen molar-refractivity contribution in [1.29, 1.82) is 0 Å². The molecule has 0 aromatic heterocycles. The van der Waals surface area contributed by atoms with Crippen molar-refractivity contribution in [2.24, 2.45) is 0 Å². The SMILES string of the molecule is Nc1ccc(Oc2ccccc2C(=O)O)cc1OCc1ccccc1. The molecule has 0 amide bonds. The zero-order chi connectivity index (χ0) is 17.6. The molecule has 3 N–H and O–H groups in total. The molecule has 3 aromatic rings. The lowest BCUT2D eigenvalue weighted by molar-refractivity contribution is 0.0694. The first-order chi connectivity index (χ1) is 12.1. The van der Waals surface area contributed by atoms with Crippen LogP contribution in [0.2, 0.25) is 0 Å². The van der Waals surface area contributed by atoms with Gasteiger partial charge >= 0.3 is 5.97 Å². The van der Waals surface area contributed by atoms with Gasteiger partial charge in [0.1, 0.15) is 29.4 Å². The molecule has 0 heterocycles. The fourth-order valence-electron chi connectivity index (χ4n) is 2.30. The molecule has 0 bridgehead atoms. The van der Waals surface area contributed by atoms with E-state index in [1.165, 1.54) is 6.07 Å². The standard InChI is InChI=1S/C20H17NO4/c21-17-11-10-15(25-18-9-5-4-8-16(18)20(22)23)12-19(17)24-13-14-6-2-1-3-7-14/h1-12H,13,21H2,(H,22,23). The topological polar surface area (TPSA) is 81.8 Å². The van der Waals surface area contributed by atoms with Crippen LogP contribution in [0.4, 0.5) is 5.69 Å². The molecule has 0 saturated heterocycles. The minimum atomic E-state index is -1.05. The van der Waals surface area contributed by atoms with E-state index in [-0.39, 0.29) is 11.3 Å². The number of nitrogens with two attached hydrogens (primary N) is 1. The highest BCUT2D eigenvalue weighted by Crippen LogP contribution is 2.32. The highest BCUT2D eigenvalue weighted by atomic mass is 16.5. The van der Waals surface area contributed by atoms with Crippen LogP contribution < -0.4 is 15.2 Å². The van der Waals surface area contributed by atoms with Crippen LogP contribution in [0.15, 0.2) is 72.8 Å². The smallest absolute Gasteiger partial charge is 0.339 e. The van der Waals surface area contributed by atoms with Crippen molar-refractivity contribution >= 4 is 11.7 Å². The number of hydrogen-bond acceptors (Lipinski definition) is 4. The van der Waals surface area contributed by atoms with E-state index < -0.39 is 5.97 Å². The van der Waals surface area contributed by atoms with E-state index in [1.807, 2.05) is 30.3 Å². The summed E-state index contributed by atoms with van der Waals surface area (Å²) in [6.07, 6.45) is 0. The second kappa shape index (κ2) is 7.40. The molecule has 0 radical (unpaired) electrons. The lowest BCUT2D eigenvalue weighted by Crippen LogP contribution is -2.01. The lowest BCUT2D eigenvalue weighted by atomic mass is 10.2. The summed E-state index contributed by atoms with van der Waals surface area (Å²) in [6, 6.07) is 21.2. The Morgan fingerprint density at radius 2 is 1.64 bits per heavy atom. The monoisotopic (exact) mass is 335 g/mol. The number of ether oxygens (including phenoxy) is 2. The molecule has 0 saturated carbocycles. The number of para-hydroxylation sites is 1. The summed E-state index contributed by atoms with van der Waals surface area (Å²) in [5.74, 6) is 0.139. The van der Waals surface area contributed by atoms with Gasteiger partial charge in [0.15, 0.2) is 0 Å². The number of rotatable bonds is 6. The highest BCUT2D eigenvalue weighted by molar-refractivity contribution is 5.90. The summed E-state index contributed by atoms with van der Waals surface area (Å²) in [5, 5.41) is 9.23. The number of benzene rings is 3. The highest BCUT2D eigenvalue weighted by Gasteiger charge is 2.12. The molecule has 0 spiro atoms. The molecular weight excluding hydrogens is 318 g/mol. The second-order valence-electron chi connectivity index (χ2n) is 5.38. The second-order valence-corrected chi connectivity index (χ2v) is 5.38. The normalized spacial score (nSPS) is 10.2. The van der Waals surface area contributed by atoms with Crippen molar-refractivity contribution in [3.8, 4) is 17.2 Å². The Hall–Kier alpha value is -3.47. The van der Waals surface area contributed by atoms with Crippen LogP contribution in [-0.2, 0) is 6.61 Å². The fourth-order valence-corrected chi connectivity index (χ4v) is 2.30. The third kappa shape index (κ3) is 4.09. The maximum absolute atomic E-state index is 11.3. The van der Waals surface area contributed by atoms with Gasteiger partial charge < -0.3 is 20.3 Å². The van der Waals surface area contributed by atoms with Gasteiger partial charge in [0, 0.05) is 6.07 Å². The van der Waals surface area contributed by atoms with Crippen molar-refractivity contribution in [2.45, 2.75) is 6.61 Å². The van der Waals surface area contributed by atoms with Gasteiger partial charge in [0.2, 0.25) is 0 Å². The third-order valence-electron chi connectivity index (χ3n) is 3.57. The van der Waals surface area contributed by atoms with Gasteiger partial charge in [0.05, 0.1) is 5.69 Å². The van der Waals surface area contributed by atoms with Gasteiger partial charge in [-0.05, 0) is 29.8 Å². The average molecular weight is 335 g/mol. The Morgan fingerprint density at radius 1 is 0.920 bits per heavy atom. The summed E-state index contributed by atoms with van der Waals surface area (Å²) in [4.78, 5) is 11.3. The van der Waals surface area contributed by atoms with Gasteiger partial charge in [0.25, 0.3) is 0 Å². The molecule has 3 rings (SSSR count). The van der Waals surface area contributed by atoms with Crippen molar-refractivity contribution in [1.82, 2.24) is 0 Å². The van der Waals surface area contributed by atoms with Crippen LogP contribution in [0.3, 0.4) is 0 Å². The number of carbonyl (C=O) groups is 1. The molecule has 0 fully saturated rings. The zero-order valence-corrected chi connectivity index (χ0v) is 13.4. The summed E-state index contributed by atoms with van der Waals surface area (Å²) >= 11 is 0. The zero-order valence-electron chi connectivity index (χ0n) is 13.4. The number of carboxylic acids is 1. The minimum absolute atomic E-state index is 0.0890. The first-order valence-electron chi connectivity index (χ1n) is 7.70. The Morgan fingerprint density at radius 3 is 2.40 bits per heavy atom. The van der Waals surface area contributed by atoms with Crippen molar-refractivity contribution in [3.63, 3.8) is 0 Å². The molecule has 5 nitrogen and oxygen atoms in total. The van der Waals surface area contributed by atoms with Crippen LogP contribution in [-0.4, -0.2) is 11.1 Å². The van der Waals surface area contributed by atoms with E-state index in [0.717, 1.165) is 5.56 Å². The molecule has 25 heavy (non-hydrogen) atoms. The van der Waals surface area contributed by atoms with Crippen molar-refractivity contribution in [3.05, 3.63) is 83.9 Å². The van der Waals surface area contributed by atoms with Crippen LogP contribution >= 0.6 is 0 Å². The van der Waals surface area contributed by atoms with Crippen molar-refractivity contribution in [2.75, 3.05) is 5.73 Å². The predicted octanol–water partition coefficient (Wildman–Crippen LogP) is 4.34. The molecule has 0 unspecified atom stereocenters. The fraction of sp³-hybridized carbons (Fsp3) is 0.0500. The molecule has 0 aliphatic heterocycles. The van der Waals surface area contributed by atoms with Crippen LogP contribution in [0.5, 0.6) is 17.2 Å².